The molecule has 20 heavy (non-hydrogen) atoms. The fourth-order valence-corrected chi connectivity index (χ4v) is 3.59. The Bertz CT molecular complexity index is 575. The molecule has 1 aromatic rings. The van der Waals surface area contributed by atoms with E-state index < -0.39 is 21.7 Å². The van der Waals surface area contributed by atoms with E-state index in [0.29, 0.717) is 31.5 Å². The second kappa shape index (κ2) is 6.18. The summed E-state index contributed by atoms with van der Waals surface area (Å²) in [6.07, 6.45) is 4.23. The summed E-state index contributed by atoms with van der Waals surface area (Å²) < 4.78 is 50.9. The molecular weight excluding hydrogens is 284 g/mol. The van der Waals surface area contributed by atoms with E-state index in [2.05, 4.69) is 0 Å². The highest BCUT2D eigenvalue weighted by Gasteiger charge is 2.25. The summed E-state index contributed by atoms with van der Waals surface area (Å²) in [4.78, 5) is 0. The van der Waals surface area contributed by atoms with Crippen LogP contribution in [0.2, 0.25) is 0 Å². The van der Waals surface area contributed by atoms with Crippen molar-refractivity contribution in [3.8, 4) is 0 Å². The smallest absolute Gasteiger partial charge is 0.211 e. The van der Waals surface area contributed by atoms with E-state index in [1.165, 1.54) is 22.7 Å². The molecule has 1 atom stereocenters. The molecule has 6 heteroatoms. The van der Waals surface area contributed by atoms with E-state index >= 15 is 0 Å². The van der Waals surface area contributed by atoms with E-state index in [4.69, 9.17) is 0 Å². The largest absolute Gasteiger partial charge is 0.213 e. The summed E-state index contributed by atoms with van der Waals surface area (Å²) in [5.74, 6) is -0.865. The van der Waals surface area contributed by atoms with Crippen molar-refractivity contribution in [1.82, 2.24) is 4.31 Å². The van der Waals surface area contributed by atoms with E-state index in [1.54, 1.807) is 0 Å². The number of hydrogen-bond donors (Lipinski definition) is 0. The van der Waals surface area contributed by atoms with Crippen LogP contribution in [0.3, 0.4) is 0 Å². The molecule has 1 aromatic carbocycles. The zero-order valence-corrected chi connectivity index (χ0v) is 12.3. The average Bonchev–Trinajstić information content (AvgIpc) is 2.37. The van der Waals surface area contributed by atoms with Crippen LogP contribution in [0.15, 0.2) is 18.2 Å². The summed E-state index contributed by atoms with van der Waals surface area (Å²) in [6, 6.07) is 3.60. The molecule has 0 saturated carbocycles. The Kier molecular flexibility index (Phi) is 4.75. The molecule has 1 heterocycles. The van der Waals surface area contributed by atoms with Gasteiger partial charge in [0.25, 0.3) is 0 Å². The Morgan fingerprint density at radius 2 is 2.10 bits per heavy atom. The van der Waals surface area contributed by atoms with Gasteiger partial charge in [0.2, 0.25) is 10.0 Å². The van der Waals surface area contributed by atoms with Crippen molar-refractivity contribution >= 4 is 10.0 Å². The summed E-state index contributed by atoms with van der Waals surface area (Å²) >= 11 is 0. The van der Waals surface area contributed by atoms with Crippen LogP contribution in [-0.2, 0) is 16.4 Å². The molecule has 2 rings (SSSR count). The number of rotatable bonds is 4. The Labute approximate surface area is 118 Å². The highest BCUT2D eigenvalue weighted by molar-refractivity contribution is 7.88. The van der Waals surface area contributed by atoms with Gasteiger partial charge in [0.15, 0.2) is 0 Å². The Morgan fingerprint density at radius 3 is 2.75 bits per heavy atom. The highest BCUT2D eigenvalue weighted by atomic mass is 32.2. The second-order valence-corrected chi connectivity index (χ2v) is 7.39. The van der Waals surface area contributed by atoms with Gasteiger partial charge in [-0.1, -0.05) is 6.07 Å². The molecule has 0 bridgehead atoms. The number of sulfonamides is 1. The van der Waals surface area contributed by atoms with Crippen molar-refractivity contribution in [2.24, 2.45) is 5.92 Å². The lowest BCUT2D eigenvalue weighted by atomic mass is 9.92. The number of aryl methyl sites for hydroxylation is 1. The monoisotopic (exact) mass is 303 g/mol. The fraction of sp³-hybridized carbons (Fsp3) is 0.571. The first-order valence-electron chi connectivity index (χ1n) is 6.75. The molecule has 0 aliphatic carbocycles. The maximum absolute atomic E-state index is 13.5. The zero-order valence-electron chi connectivity index (χ0n) is 11.5. The number of piperidine rings is 1. The fourth-order valence-electron chi connectivity index (χ4n) is 2.65. The normalized spacial score (nSPS) is 21.1. The van der Waals surface area contributed by atoms with Gasteiger partial charge in [-0.3, -0.25) is 0 Å². The molecule has 0 spiro atoms. The van der Waals surface area contributed by atoms with Crippen LogP contribution in [0, 0.1) is 17.6 Å². The lowest BCUT2D eigenvalue weighted by Crippen LogP contribution is -2.39. The molecular formula is C14H19F2NO2S. The van der Waals surface area contributed by atoms with Crippen molar-refractivity contribution < 1.29 is 17.2 Å². The summed E-state index contributed by atoms with van der Waals surface area (Å²) in [5, 5.41) is 0. The summed E-state index contributed by atoms with van der Waals surface area (Å²) in [6.45, 7) is 1.07. The topological polar surface area (TPSA) is 37.4 Å². The SMILES string of the molecule is CS(=O)(=O)N1CCC[C@H](CCc2ccc(F)cc2F)C1. The third-order valence-electron chi connectivity index (χ3n) is 3.79. The number of benzene rings is 1. The van der Waals surface area contributed by atoms with Gasteiger partial charge in [-0.05, 0) is 43.2 Å². The zero-order chi connectivity index (χ0) is 14.8. The number of hydrogen-bond acceptors (Lipinski definition) is 2. The first-order valence-corrected chi connectivity index (χ1v) is 8.60. The molecule has 1 aliphatic heterocycles. The second-order valence-electron chi connectivity index (χ2n) is 5.40. The summed E-state index contributed by atoms with van der Waals surface area (Å²) in [5.41, 5.74) is 0.489. The van der Waals surface area contributed by atoms with Gasteiger partial charge >= 0.3 is 0 Å². The van der Waals surface area contributed by atoms with Gasteiger partial charge < -0.3 is 0 Å². The number of halogens is 2. The van der Waals surface area contributed by atoms with Gasteiger partial charge in [0.05, 0.1) is 6.26 Å². The Hall–Kier alpha value is -1.01. The summed E-state index contributed by atoms with van der Waals surface area (Å²) in [7, 11) is -3.15. The molecule has 0 amide bonds. The standard InChI is InChI=1S/C14H19F2NO2S/c1-20(18,19)17-8-2-3-11(10-17)4-5-12-6-7-13(15)9-14(12)16/h6-7,9,11H,2-5,8,10H2,1H3/t11-/m1/s1. The molecule has 0 unspecified atom stereocenters. The van der Waals surface area contributed by atoms with Crippen LogP contribution >= 0.6 is 0 Å². The van der Waals surface area contributed by atoms with Crippen molar-refractivity contribution in [2.45, 2.75) is 25.7 Å². The van der Waals surface area contributed by atoms with Crippen LogP contribution in [0.4, 0.5) is 8.78 Å². The third-order valence-corrected chi connectivity index (χ3v) is 5.06. The highest BCUT2D eigenvalue weighted by Crippen LogP contribution is 2.23. The predicted molar refractivity (Wildman–Crippen MR) is 73.8 cm³/mol. The lowest BCUT2D eigenvalue weighted by molar-refractivity contribution is 0.257. The van der Waals surface area contributed by atoms with Crippen LogP contribution in [-0.4, -0.2) is 32.1 Å². The molecule has 112 valence electrons. The molecule has 1 aliphatic rings. The molecule has 1 fully saturated rings. The van der Waals surface area contributed by atoms with Crippen LogP contribution < -0.4 is 0 Å². The van der Waals surface area contributed by atoms with Crippen molar-refractivity contribution in [1.29, 1.82) is 0 Å². The van der Waals surface area contributed by atoms with Crippen molar-refractivity contribution in [2.75, 3.05) is 19.3 Å². The minimum Gasteiger partial charge on any atom is -0.213 e. The maximum Gasteiger partial charge on any atom is 0.211 e. The van der Waals surface area contributed by atoms with Crippen molar-refractivity contribution in [3.63, 3.8) is 0 Å². The van der Waals surface area contributed by atoms with E-state index in [9.17, 15) is 17.2 Å². The van der Waals surface area contributed by atoms with Crippen LogP contribution in [0.1, 0.15) is 24.8 Å². The maximum atomic E-state index is 13.5. The Balaban J connectivity index is 1.94. The van der Waals surface area contributed by atoms with Gasteiger partial charge in [0.1, 0.15) is 11.6 Å². The van der Waals surface area contributed by atoms with Gasteiger partial charge in [-0.15, -0.1) is 0 Å². The van der Waals surface area contributed by atoms with Crippen molar-refractivity contribution in [3.05, 3.63) is 35.4 Å². The predicted octanol–water partition coefficient (Wildman–Crippen LogP) is 2.57. The van der Waals surface area contributed by atoms with Gasteiger partial charge in [-0.2, -0.15) is 0 Å². The molecule has 0 N–H and O–H groups in total. The minimum absolute atomic E-state index is 0.239. The van der Waals surface area contributed by atoms with Gasteiger partial charge in [-0.25, -0.2) is 21.5 Å². The molecule has 3 nitrogen and oxygen atoms in total. The molecule has 0 aromatic heterocycles. The Morgan fingerprint density at radius 1 is 1.35 bits per heavy atom. The van der Waals surface area contributed by atoms with E-state index in [0.717, 1.165) is 18.9 Å². The minimum atomic E-state index is -3.15. The first kappa shape index (κ1) is 15.4. The van der Waals surface area contributed by atoms with E-state index in [-0.39, 0.29) is 5.92 Å². The lowest BCUT2D eigenvalue weighted by Gasteiger charge is -2.31. The molecule has 1 saturated heterocycles. The third kappa shape index (κ3) is 3.99. The van der Waals surface area contributed by atoms with Crippen LogP contribution in [0.25, 0.3) is 0 Å². The van der Waals surface area contributed by atoms with Crippen LogP contribution in [0.5, 0.6) is 0 Å². The molecule has 0 radical (unpaired) electrons. The average molecular weight is 303 g/mol. The first-order chi connectivity index (χ1) is 9.36. The quantitative estimate of drug-likeness (QED) is 0.857. The van der Waals surface area contributed by atoms with E-state index in [1.807, 2.05) is 0 Å². The number of nitrogens with zero attached hydrogens (tertiary/aromatic N) is 1. The van der Waals surface area contributed by atoms with Gasteiger partial charge in [0, 0.05) is 19.2 Å².